The number of hydrogen-bond donors (Lipinski definition) is 0. The van der Waals surface area contributed by atoms with E-state index in [9.17, 15) is 4.79 Å². The molecular formula is C18H23N3O3. The minimum Gasteiger partial charge on any atom is -0.484 e. The lowest BCUT2D eigenvalue weighted by molar-refractivity contribution is -0.135. The Hall–Kier alpha value is -2.37. The molecule has 24 heavy (non-hydrogen) atoms. The molecular weight excluding hydrogens is 306 g/mol. The summed E-state index contributed by atoms with van der Waals surface area (Å²) in [7, 11) is 1.89. The third kappa shape index (κ3) is 3.75. The number of hydrogen-bond acceptors (Lipinski definition) is 5. The van der Waals surface area contributed by atoms with Crippen LogP contribution in [0.4, 0.5) is 0 Å². The number of likely N-dealkylation sites (N-methyl/N-ethyl adjacent to an activating group) is 1. The zero-order chi connectivity index (χ0) is 16.9. The second-order valence-corrected chi connectivity index (χ2v) is 6.39. The van der Waals surface area contributed by atoms with Gasteiger partial charge in [0.05, 0.1) is 0 Å². The quantitative estimate of drug-likeness (QED) is 0.843. The number of ether oxygens (including phenoxy) is 1. The predicted molar refractivity (Wildman–Crippen MR) is 89.4 cm³/mol. The van der Waals surface area contributed by atoms with Crippen LogP contribution in [0.25, 0.3) is 11.5 Å². The topological polar surface area (TPSA) is 68.5 Å². The highest BCUT2D eigenvalue weighted by molar-refractivity contribution is 5.77. The number of rotatable bonds is 5. The predicted octanol–water partition coefficient (Wildman–Crippen LogP) is 3.15. The Morgan fingerprint density at radius 1 is 1.29 bits per heavy atom. The first kappa shape index (κ1) is 16.5. The molecule has 1 saturated carbocycles. The first-order chi connectivity index (χ1) is 11.6. The SMILES string of the molecule is CC1CCCCC1N(C)C(=O)COc1ccc(-c2nnco2)cc1. The molecule has 0 bridgehead atoms. The van der Waals surface area contributed by atoms with Crippen LogP contribution in [-0.2, 0) is 4.79 Å². The van der Waals surface area contributed by atoms with Crippen molar-refractivity contribution in [2.24, 2.45) is 5.92 Å². The molecule has 1 aliphatic carbocycles. The standard InChI is InChI=1S/C18H23N3O3/c1-13-5-3-4-6-16(13)21(2)17(22)11-23-15-9-7-14(8-10-15)18-20-19-12-24-18/h7-10,12-13,16H,3-6,11H2,1-2H3. The fourth-order valence-electron chi connectivity index (χ4n) is 3.30. The Bertz CT molecular complexity index is 655. The van der Waals surface area contributed by atoms with Gasteiger partial charge in [-0.25, -0.2) is 0 Å². The van der Waals surface area contributed by atoms with E-state index in [0.29, 0.717) is 23.6 Å². The summed E-state index contributed by atoms with van der Waals surface area (Å²) in [6.07, 6.45) is 6.04. The highest BCUT2D eigenvalue weighted by Crippen LogP contribution is 2.27. The van der Waals surface area contributed by atoms with Gasteiger partial charge >= 0.3 is 0 Å². The molecule has 3 rings (SSSR count). The van der Waals surface area contributed by atoms with E-state index in [1.165, 1.54) is 25.7 Å². The van der Waals surface area contributed by atoms with Crippen molar-refractivity contribution in [3.05, 3.63) is 30.7 Å². The normalized spacial score (nSPS) is 20.6. The van der Waals surface area contributed by atoms with E-state index in [1.807, 2.05) is 24.1 Å². The Kier molecular flexibility index (Phi) is 5.13. The summed E-state index contributed by atoms with van der Waals surface area (Å²) in [4.78, 5) is 14.2. The lowest BCUT2D eigenvalue weighted by Gasteiger charge is -2.36. The van der Waals surface area contributed by atoms with Gasteiger partial charge in [-0.05, 0) is 43.0 Å². The van der Waals surface area contributed by atoms with Gasteiger partial charge in [0.15, 0.2) is 6.61 Å². The Morgan fingerprint density at radius 3 is 2.71 bits per heavy atom. The van der Waals surface area contributed by atoms with Crippen LogP contribution in [0, 0.1) is 5.92 Å². The fourth-order valence-corrected chi connectivity index (χ4v) is 3.30. The number of amides is 1. The van der Waals surface area contributed by atoms with Crippen molar-refractivity contribution in [1.29, 1.82) is 0 Å². The van der Waals surface area contributed by atoms with Gasteiger partial charge in [-0.15, -0.1) is 10.2 Å². The van der Waals surface area contributed by atoms with E-state index in [4.69, 9.17) is 9.15 Å². The van der Waals surface area contributed by atoms with E-state index in [1.54, 1.807) is 12.1 Å². The highest BCUT2D eigenvalue weighted by Gasteiger charge is 2.27. The molecule has 0 saturated heterocycles. The van der Waals surface area contributed by atoms with E-state index < -0.39 is 0 Å². The monoisotopic (exact) mass is 329 g/mol. The highest BCUT2D eigenvalue weighted by atomic mass is 16.5. The van der Waals surface area contributed by atoms with Crippen molar-refractivity contribution in [2.75, 3.05) is 13.7 Å². The van der Waals surface area contributed by atoms with Gasteiger partial charge in [0.25, 0.3) is 5.91 Å². The third-order valence-corrected chi connectivity index (χ3v) is 4.78. The molecule has 1 aromatic carbocycles. The second-order valence-electron chi connectivity index (χ2n) is 6.39. The van der Waals surface area contributed by atoms with Crippen LogP contribution in [-0.4, -0.2) is 40.7 Å². The number of aromatic nitrogens is 2. The molecule has 6 heteroatoms. The van der Waals surface area contributed by atoms with E-state index >= 15 is 0 Å². The molecule has 0 spiro atoms. The summed E-state index contributed by atoms with van der Waals surface area (Å²) in [5.74, 6) is 1.69. The van der Waals surface area contributed by atoms with Crippen molar-refractivity contribution in [3.63, 3.8) is 0 Å². The molecule has 1 fully saturated rings. The zero-order valence-electron chi connectivity index (χ0n) is 14.1. The van der Waals surface area contributed by atoms with Gasteiger partial charge in [-0.1, -0.05) is 19.8 Å². The average molecular weight is 329 g/mol. The molecule has 1 amide bonds. The van der Waals surface area contributed by atoms with E-state index in [-0.39, 0.29) is 12.5 Å². The fraction of sp³-hybridized carbons (Fsp3) is 0.500. The number of nitrogens with zero attached hydrogens (tertiary/aromatic N) is 3. The number of benzene rings is 1. The molecule has 2 aromatic rings. The molecule has 1 aromatic heterocycles. The van der Waals surface area contributed by atoms with Gasteiger partial charge in [0, 0.05) is 18.7 Å². The van der Waals surface area contributed by atoms with Gasteiger partial charge in [-0.2, -0.15) is 0 Å². The molecule has 2 unspecified atom stereocenters. The van der Waals surface area contributed by atoms with Crippen LogP contribution >= 0.6 is 0 Å². The first-order valence-corrected chi connectivity index (χ1v) is 8.40. The van der Waals surface area contributed by atoms with Crippen LogP contribution in [0.5, 0.6) is 5.75 Å². The summed E-state index contributed by atoms with van der Waals surface area (Å²) in [6.45, 7) is 2.28. The summed E-state index contributed by atoms with van der Waals surface area (Å²) in [5.41, 5.74) is 0.819. The molecule has 6 nitrogen and oxygen atoms in total. The lowest BCUT2D eigenvalue weighted by Crippen LogP contribution is -2.44. The van der Waals surface area contributed by atoms with Gasteiger partial charge < -0.3 is 14.1 Å². The molecule has 1 aliphatic rings. The minimum absolute atomic E-state index is 0.0229. The van der Waals surface area contributed by atoms with Crippen molar-refractivity contribution in [3.8, 4) is 17.2 Å². The Labute approximate surface area is 141 Å². The van der Waals surface area contributed by atoms with Crippen LogP contribution < -0.4 is 4.74 Å². The van der Waals surface area contributed by atoms with E-state index in [0.717, 1.165) is 12.0 Å². The van der Waals surface area contributed by atoms with Crippen LogP contribution in [0.2, 0.25) is 0 Å². The maximum Gasteiger partial charge on any atom is 0.260 e. The molecule has 0 radical (unpaired) electrons. The van der Waals surface area contributed by atoms with E-state index in [2.05, 4.69) is 17.1 Å². The molecule has 0 aliphatic heterocycles. The van der Waals surface area contributed by atoms with Gasteiger partial charge in [0.2, 0.25) is 12.3 Å². The Balaban J connectivity index is 1.54. The summed E-state index contributed by atoms with van der Waals surface area (Å²) in [5, 5.41) is 7.51. The number of carbonyl (C=O) groups excluding carboxylic acids is 1. The second kappa shape index (κ2) is 7.47. The van der Waals surface area contributed by atoms with Crippen molar-refractivity contribution in [1.82, 2.24) is 15.1 Å². The minimum atomic E-state index is 0.0229. The lowest BCUT2D eigenvalue weighted by atomic mass is 9.85. The smallest absolute Gasteiger partial charge is 0.260 e. The third-order valence-electron chi connectivity index (χ3n) is 4.78. The van der Waals surface area contributed by atoms with Crippen molar-refractivity contribution in [2.45, 2.75) is 38.6 Å². The average Bonchev–Trinajstić information content (AvgIpc) is 3.14. The molecule has 1 heterocycles. The summed E-state index contributed by atoms with van der Waals surface area (Å²) in [6, 6.07) is 7.60. The number of carbonyl (C=O) groups is 1. The first-order valence-electron chi connectivity index (χ1n) is 8.40. The van der Waals surface area contributed by atoms with Crippen LogP contribution in [0.15, 0.2) is 35.1 Å². The van der Waals surface area contributed by atoms with Crippen molar-refractivity contribution >= 4 is 5.91 Å². The summed E-state index contributed by atoms with van der Waals surface area (Å²) < 4.78 is 10.8. The largest absolute Gasteiger partial charge is 0.484 e. The molecule has 2 atom stereocenters. The maximum atomic E-state index is 12.4. The summed E-state index contributed by atoms with van der Waals surface area (Å²) >= 11 is 0. The molecule has 128 valence electrons. The maximum absolute atomic E-state index is 12.4. The van der Waals surface area contributed by atoms with Crippen LogP contribution in [0.3, 0.4) is 0 Å². The van der Waals surface area contributed by atoms with Gasteiger partial charge in [0.1, 0.15) is 5.75 Å². The van der Waals surface area contributed by atoms with Crippen LogP contribution in [0.1, 0.15) is 32.6 Å². The van der Waals surface area contributed by atoms with Crippen molar-refractivity contribution < 1.29 is 13.9 Å². The Morgan fingerprint density at radius 2 is 2.04 bits per heavy atom. The zero-order valence-corrected chi connectivity index (χ0v) is 14.1. The molecule has 0 N–H and O–H groups in total. The van der Waals surface area contributed by atoms with Gasteiger partial charge in [-0.3, -0.25) is 4.79 Å².